The summed E-state index contributed by atoms with van der Waals surface area (Å²) in [7, 11) is -3.90. The van der Waals surface area contributed by atoms with Gasteiger partial charge in [-0.1, -0.05) is 30.3 Å². The molecule has 0 fully saturated rings. The molecular formula is C19H23N3O4S. The van der Waals surface area contributed by atoms with Gasteiger partial charge in [-0.3, -0.25) is 9.59 Å². The zero-order chi connectivity index (χ0) is 19.9. The number of sulfonamides is 1. The van der Waals surface area contributed by atoms with Crippen molar-refractivity contribution >= 4 is 27.5 Å². The molecule has 2 aromatic rings. The van der Waals surface area contributed by atoms with Crippen molar-refractivity contribution < 1.29 is 18.0 Å². The Labute approximate surface area is 159 Å². The Balaban J connectivity index is 2.30. The maximum Gasteiger partial charge on any atom is 0.243 e. The van der Waals surface area contributed by atoms with Crippen LogP contribution in [0.2, 0.25) is 0 Å². The van der Waals surface area contributed by atoms with Gasteiger partial charge in [0.05, 0.1) is 11.4 Å². The maximum absolute atomic E-state index is 13.1. The lowest BCUT2D eigenvalue weighted by molar-refractivity contribution is -0.121. The quantitative estimate of drug-likeness (QED) is 0.722. The van der Waals surface area contributed by atoms with Gasteiger partial charge in [0, 0.05) is 25.7 Å². The van der Waals surface area contributed by atoms with Crippen molar-refractivity contribution in [3.63, 3.8) is 0 Å². The van der Waals surface area contributed by atoms with E-state index in [0.29, 0.717) is 12.2 Å². The fourth-order valence-electron chi connectivity index (χ4n) is 2.49. The fourth-order valence-corrected chi connectivity index (χ4v) is 3.87. The van der Waals surface area contributed by atoms with Crippen LogP contribution in [-0.4, -0.2) is 37.6 Å². The third kappa shape index (κ3) is 5.90. The molecular weight excluding hydrogens is 366 g/mol. The van der Waals surface area contributed by atoms with E-state index in [2.05, 4.69) is 10.6 Å². The number of hydrogen-bond donors (Lipinski definition) is 2. The summed E-state index contributed by atoms with van der Waals surface area (Å²) in [6.45, 7) is 3.36. The SMILES string of the molecule is CCNC(=O)CN(Cc1ccccc1)S(=O)(=O)c1ccc(NC(C)=O)cc1. The summed E-state index contributed by atoms with van der Waals surface area (Å²) < 4.78 is 27.3. The number of carbonyl (C=O) groups excluding carboxylic acids is 2. The average Bonchev–Trinajstić information content (AvgIpc) is 2.62. The molecule has 7 nitrogen and oxygen atoms in total. The molecule has 0 atom stereocenters. The number of benzene rings is 2. The highest BCUT2D eigenvalue weighted by molar-refractivity contribution is 7.89. The molecule has 0 heterocycles. The summed E-state index contributed by atoms with van der Waals surface area (Å²) in [6, 6.07) is 14.9. The second kappa shape index (κ2) is 9.29. The molecule has 0 unspecified atom stereocenters. The summed E-state index contributed by atoms with van der Waals surface area (Å²) in [5, 5.41) is 5.21. The Kier molecular flexibility index (Phi) is 7.09. The number of carbonyl (C=O) groups is 2. The van der Waals surface area contributed by atoms with E-state index >= 15 is 0 Å². The standard InChI is InChI=1S/C19H23N3O4S/c1-3-20-19(24)14-22(13-16-7-5-4-6-8-16)27(25,26)18-11-9-17(10-12-18)21-15(2)23/h4-12H,3,13-14H2,1-2H3,(H,20,24)(H,21,23). The van der Waals surface area contributed by atoms with Gasteiger partial charge in [0.15, 0.2) is 0 Å². The highest BCUT2D eigenvalue weighted by Crippen LogP contribution is 2.20. The largest absolute Gasteiger partial charge is 0.355 e. The number of anilines is 1. The van der Waals surface area contributed by atoms with Gasteiger partial charge in [-0.05, 0) is 36.8 Å². The first-order chi connectivity index (χ1) is 12.8. The summed E-state index contributed by atoms with van der Waals surface area (Å²) >= 11 is 0. The molecule has 2 N–H and O–H groups in total. The van der Waals surface area contributed by atoms with E-state index in [4.69, 9.17) is 0 Å². The van der Waals surface area contributed by atoms with E-state index in [1.54, 1.807) is 19.1 Å². The molecule has 0 bridgehead atoms. The monoisotopic (exact) mass is 389 g/mol. The zero-order valence-corrected chi connectivity index (χ0v) is 16.1. The molecule has 0 saturated carbocycles. The van der Waals surface area contributed by atoms with Crippen molar-refractivity contribution in [2.24, 2.45) is 0 Å². The Morgan fingerprint density at radius 1 is 1.00 bits per heavy atom. The van der Waals surface area contributed by atoms with E-state index in [0.717, 1.165) is 9.87 Å². The second-order valence-corrected chi connectivity index (χ2v) is 7.86. The predicted octanol–water partition coefficient (Wildman–Crippen LogP) is 1.97. The van der Waals surface area contributed by atoms with E-state index in [1.165, 1.54) is 31.2 Å². The lowest BCUT2D eigenvalue weighted by Crippen LogP contribution is -2.40. The summed E-state index contributed by atoms with van der Waals surface area (Å²) in [6.07, 6.45) is 0. The van der Waals surface area contributed by atoms with E-state index in [9.17, 15) is 18.0 Å². The van der Waals surface area contributed by atoms with Gasteiger partial charge in [-0.25, -0.2) is 8.42 Å². The number of amides is 2. The maximum atomic E-state index is 13.1. The average molecular weight is 389 g/mol. The predicted molar refractivity (Wildman–Crippen MR) is 103 cm³/mol. The Morgan fingerprint density at radius 2 is 1.63 bits per heavy atom. The van der Waals surface area contributed by atoms with Gasteiger partial charge in [0.1, 0.15) is 0 Å². The van der Waals surface area contributed by atoms with Crippen LogP contribution in [0.15, 0.2) is 59.5 Å². The van der Waals surface area contributed by atoms with Gasteiger partial charge in [0.25, 0.3) is 0 Å². The molecule has 0 aliphatic rings. The summed E-state index contributed by atoms with van der Waals surface area (Å²) in [4.78, 5) is 23.2. The minimum atomic E-state index is -3.90. The molecule has 0 radical (unpaired) electrons. The summed E-state index contributed by atoms with van der Waals surface area (Å²) in [5.74, 6) is -0.612. The van der Waals surface area contributed by atoms with Crippen molar-refractivity contribution in [1.82, 2.24) is 9.62 Å². The van der Waals surface area contributed by atoms with Crippen LogP contribution in [0.25, 0.3) is 0 Å². The number of rotatable bonds is 8. The van der Waals surface area contributed by atoms with Gasteiger partial charge < -0.3 is 10.6 Å². The molecule has 0 aliphatic carbocycles. The molecule has 8 heteroatoms. The normalized spacial score (nSPS) is 11.2. The lowest BCUT2D eigenvalue weighted by Gasteiger charge is -2.22. The zero-order valence-electron chi connectivity index (χ0n) is 15.3. The highest BCUT2D eigenvalue weighted by atomic mass is 32.2. The topological polar surface area (TPSA) is 95.6 Å². The minimum absolute atomic E-state index is 0.0526. The molecule has 2 amide bonds. The first kappa shape index (κ1) is 20.6. The van der Waals surface area contributed by atoms with Crippen LogP contribution in [-0.2, 0) is 26.2 Å². The van der Waals surface area contributed by atoms with Crippen molar-refractivity contribution in [3.8, 4) is 0 Å². The minimum Gasteiger partial charge on any atom is -0.355 e. The highest BCUT2D eigenvalue weighted by Gasteiger charge is 2.26. The molecule has 27 heavy (non-hydrogen) atoms. The van der Waals surface area contributed by atoms with Gasteiger partial charge in [-0.2, -0.15) is 4.31 Å². The fraction of sp³-hybridized carbons (Fsp3) is 0.263. The molecule has 0 saturated heterocycles. The van der Waals surface area contributed by atoms with Crippen LogP contribution in [0.3, 0.4) is 0 Å². The van der Waals surface area contributed by atoms with E-state index < -0.39 is 10.0 Å². The van der Waals surface area contributed by atoms with Crippen LogP contribution < -0.4 is 10.6 Å². The van der Waals surface area contributed by atoms with Crippen molar-refractivity contribution in [2.45, 2.75) is 25.3 Å². The Bertz CT molecular complexity index is 881. The van der Waals surface area contributed by atoms with Crippen LogP contribution in [0, 0.1) is 0 Å². The molecule has 0 aliphatic heterocycles. The molecule has 0 spiro atoms. The molecule has 0 aromatic heterocycles. The first-order valence-corrected chi connectivity index (χ1v) is 9.95. The number of likely N-dealkylation sites (N-methyl/N-ethyl adjacent to an activating group) is 1. The van der Waals surface area contributed by atoms with E-state index in [1.807, 2.05) is 18.2 Å². The smallest absolute Gasteiger partial charge is 0.243 e. The third-order valence-corrected chi connectivity index (χ3v) is 5.51. The van der Waals surface area contributed by atoms with Crippen LogP contribution in [0.4, 0.5) is 5.69 Å². The first-order valence-electron chi connectivity index (χ1n) is 8.51. The molecule has 2 aromatic carbocycles. The van der Waals surface area contributed by atoms with Crippen LogP contribution >= 0.6 is 0 Å². The number of nitrogens with one attached hydrogen (secondary N) is 2. The molecule has 144 valence electrons. The summed E-state index contributed by atoms with van der Waals surface area (Å²) in [5.41, 5.74) is 1.28. The van der Waals surface area contributed by atoms with Gasteiger partial charge in [-0.15, -0.1) is 0 Å². The van der Waals surface area contributed by atoms with E-state index in [-0.39, 0.29) is 29.8 Å². The Morgan fingerprint density at radius 3 is 2.19 bits per heavy atom. The van der Waals surface area contributed by atoms with Crippen LogP contribution in [0.1, 0.15) is 19.4 Å². The lowest BCUT2D eigenvalue weighted by atomic mass is 10.2. The van der Waals surface area contributed by atoms with Crippen molar-refractivity contribution in [1.29, 1.82) is 0 Å². The Hall–Kier alpha value is -2.71. The van der Waals surface area contributed by atoms with Crippen molar-refractivity contribution in [2.75, 3.05) is 18.4 Å². The number of hydrogen-bond acceptors (Lipinski definition) is 4. The van der Waals surface area contributed by atoms with Gasteiger partial charge >= 0.3 is 0 Å². The second-order valence-electron chi connectivity index (χ2n) is 5.92. The molecule has 2 rings (SSSR count). The van der Waals surface area contributed by atoms with Crippen molar-refractivity contribution in [3.05, 3.63) is 60.2 Å². The van der Waals surface area contributed by atoms with Crippen LogP contribution in [0.5, 0.6) is 0 Å². The number of nitrogens with zero attached hydrogens (tertiary/aromatic N) is 1. The van der Waals surface area contributed by atoms with Gasteiger partial charge in [0.2, 0.25) is 21.8 Å². The third-order valence-electron chi connectivity index (χ3n) is 3.71.